The first kappa shape index (κ1) is 20.4. The Labute approximate surface area is 174 Å². The summed E-state index contributed by atoms with van der Waals surface area (Å²) in [5, 5.41) is 7.63. The van der Waals surface area contributed by atoms with Gasteiger partial charge in [0, 0.05) is 11.4 Å². The molecule has 1 aromatic heterocycles. The van der Waals surface area contributed by atoms with Crippen LogP contribution in [0.25, 0.3) is 0 Å². The molecule has 0 saturated carbocycles. The van der Waals surface area contributed by atoms with E-state index in [-0.39, 0.29) is 5.97 Å². The van der Waals surface area contributed by atoms with Gasteiger partial charge < -0.3 is 24.8 Å². The second-order valence-electron chi connectivity index (χ2n) is 6.37. The lowest BCUT2D eigenvalue weighted by Gasteiger charge is -2.12. The molecule has 0 aliphatic heterocycles. The summed E-state index contributed by atoms with van der Waals surface area (Å²) < 4.78 is 15.6. The number of rotatable bonds is 7. The molecule has 0 atom stereocenters. The molecule has 1 aromatic carbocycles. The number of aryl methyl sites for hydroxylation is 1. The smallest absolute Gasteiger partial charge is 0.341 e. The summed E-state index contributed by atoms with van der Waals surface area (Å²) >= 11 is 7.01. The van der Waals surface area contributed by atoms with Crippen LogP contribution in [-0.4, -0.2) is 39.0 Å². The van der Waals surface area contributed by atoms with Gasteiger partial charge in [-0.05, 0) is 61.2 Å². The lowest BCUT2D eigenvalue weighted by Crippen LogP contribution is -2.30. The summed E-state index contributed by atoms with van der Waals surface area (Å²) in [4.78, 5) is 13.5. The number of esters is 1. The second kappa shape index (κ2) is 9.25. The lowest BCUT2D eigenvalue weighted by atomic mass is 10.1. The van der Waals surface area contributed by atoms with Gasteiger partial charge in [-0.15, -0.1) is 11.3 Å². The molecular formula is C20H24N2O4S2. The van der Waals surface area contributed by atoms with Gasteiger partial charge in [0.25, 0.3) is 0 Å². The number of benzene rings is 1. The number of carbonyl (C=O) groups is 1. The predicted octanol–water partition coefficient (Wildman–Crippen LogP) is 3.57. The van der Waals surface area contributed by atoms with E-state index in [9.17, 15) is 4.79 Å². The number of fused-ring (bicyclic) bond motifs is 1. The van der Waals surface area contributed by atoms with E-state index in [2.05, 4.69) is 10.6 Å². The van der Waals surface area contributed by atoms with E-state index >= 15 is 0 Å². The number of hydrogen-bond donors (Lipinski definition) is 2. The first-order valence-electron chi connectivity index (χ1n) is 9.06. The van der Waals surface area contributed by atoms with E-state index in [0.717, 1.165) is 41.8 Å². The van der Waals surface area contributed by atoms with Gasteiger partial charge in [-0.3, -0.25) is 0 Å². The van der Waals surface area contributed by atoms with Gasteiger partial charge in [0.15, 0.2) is 16.6 Å². The average molecular weight is 421 g/mol. The first-order valence-corrected chi connectivity index (χ1v) is 10.3. The van der Waals surface area contributed by atoms with Gasteiger partial charge >= 0.3 is 5.97 Å². The van der Waals surface area contributed by atoms with E-state index in [4.69, 9.17) is 26.4 Å². The summed E-state index contributed by atoms with van der Waals surface area (Å²) in [6.07, 6.45) is 3.77. The summed E-state index contributed by atoms with van der Waals surface area (Å²) in [6, 6.07) is 5.84. The zero-order chi connectivity index (χ0) is 20.1. The van der Waals surface area contributed by atoms with Crippen LogP contribution in [0.15, 0.2) is 18.2 Å². The fourth-order valence-electron chi connectivity index (χ4n) is 3.31. The summed E-state index contributed by atoms with van der Waals surface area (Å²) in [6.45, 7) is 0.653. The van der Waals surface area contributed by atoms with Crippen LogP contribution in [0, 0.1) is 0 Å². The van der Waals surface area contributed by atoms with Crippen molar-refractivity contribution in [2.24, 2.45) is 0 Å². The van der Waals surface area contributed by atoms with E-state index in [1.54, 1.807) is 25.6 Å². The van der Waals surface area contributed by atoms with Crippen molar-refractivity contribution in [3.63, 3.8) is 0 Å². The molecule has 0 fully saturated rings. The second-order valence-corrected chi connectivity index (χ2v) is 7.89. The zero-order valence-corrected chi connectivity index (χ0v) is 17.9. The van der Waals surface area contributed by atoms with Gasteiger partial charge in [0.2, 0.25) is 0 Å². The molecule has 6 nitrogen and oxygen atoms in total. The van der Waals surface area contributed by atoms with Crippen LogP contribution >= 0.6 is 23.6 Å². The van der Waals surface area contributed by atoms with Crippen molar-refractivity contribution < 1.29 is 19.0 Å². The van der Waals surface area contributed by atoms with Crippen LogP contribution in [0.2, 0.25) is 0 Å². The van der Waals surface area contributed by atoms with Crippen molar-refractivity contribution in [3.05, 3.63) is 39.8 Å². The molecule has 2 N–H and O–H groups in total. The van der Waals surface area contributed by atoms with Crippen LogP contribution in [0.5, 0.6) is 11.5 Å². The molecule has 0 bridgehead atoms. The quantitative estimate of drug-likeness (QED) is 0.524. The fraction of sp³-hybridized carbons (Fsp3) is 0.400. The third kappa shape index (κ3) is 4.39. The van der Waals surface area contributed by atoms with Crippen LogP contribution in [0.1, 0.15) is 32.8 Å². The normalized spacial score (nSPS) is 12.2. The predicted molar refractivity (Wildman–Crippen MR) is 115 cm³/mol. The highest BCUT2D eigenvalue weighted by molar-refractivity contribution is 7.80. The maximum absolute atomic E-state index is 12.2. The summed E-state index contributed by atoms with van der Waals surface area (Å²) in [5.74, 6) is 1.10. The van der Waals surface area contributed by atoms with Gasteiger partial charge in [-0.25, -0.2) is 4.79 Å². The van der Waals surface area contributed by atoms with Crippen LogP contribution in [0.3, 0.4) is 0 Å². The van der Waals surface area contributed by atoms with Crippen molar-refractivity contribution in [2.45, 2.75) is 25.7 Å². The average Bonchev–Trinajstić information content (AvgIpc) is 3.28. The molecule has 150 valence electrons. The Balaban J connectivity index is 1.59. The largest absolute Gasteiger partial charge is 0.493 e. The number of nitrogens with one attached hydrogen (secondary N) is 2. The fourth-order valence-corrected chi connectivity index (χ4v) is 4.86. The molecule has 0 amide bonds. The lowest BCUT2D eigenvalue weighted by molar-refractivity contribution is 0.0601. The molecule has 0 unspecified atom stereocenters. The Morgan fingerprint density at radius 3 is 2.68 bits per heavy atom. The number of anilines is 1. The van der Waals surface area contributed by atoms with E-state index < -0.39 is 0 Å². The van der Waals surface area contributed by atoms with Crippen molar-refractivity contribution in [3.8, 4) is 11.5 Å². The highest BCUT2D eigenvalue weighted by atomic mass is 32.1. The summed E-state index contributed by atoms with van der Waals surface area (Å²) in [7, 11) is 4.65. The standard InChI is InChI=1S/C20H24N2O4S2/c1-24-14-8-7-12(11-15(14)25-2)9-10-21-20(27)22-18-17(19(23)26-3)13-5-4-6-16(13)28-18/h7-8,11H,4-6,9-10H2,1-3H3,(H2,21,22,27). The Hall–Kier alpha value is -2.32. The Morgan fingerprint density at radius 2 is 1.96 bits per heavy atom. The molecule has 0 radical (unpaired) electrons. The number of thiophene rings is 1. The molecule has 1 aliphatic rings. The number of carbonyl (C=O) groups excluding carboxylic acids is 1. The first-order chi connectivity index (χ1) is 13.6. The third-order valence-electron chi connectivity index (χ3n) is 4.69. The molecule has 3 rings (SSSR count). The Bertz CT molecular complexity index is 879. The topological polar surface area (TPSA) is 68.8 Å². The van der Waals surface area contributed by atoms with E-state index in [1.807, 2.05) is 18.2 Å². The van der Waals surface area contributed by atoms with Crippen molar-refractivity contribution in [1.82, 2.24) is 5.32 Å². The molecule has 8 heteroatoms. The zero-order valence-electron chi connectivity index (χ0n) is 16.2. The van der Waals surface area contributed by atoms with Crippen molar-refractivity contribution >= 4 is 39.6 Å². The summed E-state index contributed by atoms with van der Waals surface area (Å²) in [5.41, 5.74) is 2.84. The molecule has 2 aromatic rings. The van der Waals surface area contributed by atoms with E-state index in [1.165, 1.54) is 12.0 Å². The maximum Gasteiger partial charge on any atom is 0.341 e. The van der Waals surface area contributed by atoms with Gasteiger partial charge in [-0.1, -0.05) is 6.07 Å². The SMILES string of the molecule is COC(=O)c1c(NC(=S)NCCc2ccc(OC)c(OC)c2)sc2c1CCC2. The monoisotopic (exact) mass is 420 g/mol. The number of thiocarbonyl (C=S) groups is 1. The molecular weight excluding hydrogens is 396 g/mol. The molecule has 1 heterocycles. The molecule has 0 spiro atoms. The van der Waals surface area contributed by atoms with Gasteiger partial charge in [-0.2, -0.15) is 0 Å². The van der Waals surface area contributed by atoms with Crippen LogP contribution in [0.4, 0.5) is 5.00 Å². The molecule has 28 heavy (non-hydrogen) atoms. The maximum atomic E-state index is 12.2. The number of ether oxygens (including phenoxy) is 3. The van der Waals surface area contributed by atoms with Crippen LogP contribution < -0.4 is 20.1 Å². The number of methoxy groups -OCH3 is 3. The third-order valence-corrected chi connectivity index (χ3v) is 6.14. The molecule has 1 aliphatic carbocycles. The minimum absolute atomic E-state index is 0.310. The minimum Gasteiger partial charge on any atom is -0.493 e. The van der Waals surface area contributed by atoms with Gasteiger partial charge in [0.1, 0.15) is 5.00 Å². The highest BCUT2D eigenvalue weighted by Gasteiger charge is 2.27. The molecule has 0 saturated heterocycles. The highest BCUT2D eigenvalue weighted by Crippen LogP contribution is 2.39. The number of hydrogen-bond acceptors (Lipinski definition) is 6. The van der Waals surface area contributed by atoms with Gasteiger partial charge in [0.05, 0.1) is 26.9 Å². The Morgan fingerprint density at radius 1 is 1.18 bits per heavy atom. The Kier molecular flexibility index (Phi) is 6.74. The van der Waals surface area contributed by atoms with Crippen molar-refractivity contribution in [2.75, 3.05) is 33.2 Å². The van der Waals surface area contributed by atoms with Crippen LogP contribution in [-0.2, 0) is 24.0 Å². The van der Waals surface area contributed by atoms with E-state index in [0.29, 0.717) is 28.7 Å². The minimum atomic E-state index is -0.310. The van der Waals surface area contributed by atoms with Crippen molar-refractivity contribution in [1.29, 1.82) is 0 Å².